The minimum Gasteiger partial charge on any atom is -0.379 e. The molecule has 0 amide bonds. The summed E-state index contributed by atoms with van der Waals surface area (Å²) in [6.45, 7) is 6.15. The van der Waals surface area contributed by atoms with Gasteiger partial charge in [-0.2, -0.15) is 0 Å². The van der Waals surface area contributed by atoms with Gasteiger partial charge in [-0.3, -0.25) is 4.90 Å². The van der Waals surface area contributed by atoms with Gasteiger partial charge >= 0.3 is 0 Å². The molecule has 0 saturated carbocycles. The van der Waals surface area contributed by atoms with E-state index in [1.165, 1.54) is 21.1 Å². The number of rotatable bonds is 3. The minimum absolute atomic E-state index is 0.665. The van der Waals surface area contributed by atoms with Crippen LogP contribution in [0.1, 0.15) is 6.42 Å². The van der Waals surface area contributed by atoms with Crippen LogP contribution in [0.25, 0.3) is 10.2 Å². The van der Waals surface area contributed by atoms with Gasteiger partial charge in [-0.25, -0.2) is 4.98 Å². The van der Waals surface area contributed by atoms with Crippen molar-refractivity contribution in [3.05, 3.63) is 18.2 Å². The van der Waals surface area contributed by atoms with Gasteiger partial charge in [0.15, 0.2) is 5.13 Å². The van der Waals surface area contributed by atoms with Crippen molar-refractivity contribution in [2.24, 2.45) is 0 Å². The first-order valence-corrected chi connectivity index (χ1v) is 9.89. The summed E-state index contributed by atoms with van der Waals surface area (Å²) in [6.07, 6.45) is 3.36. The molecule has 2 saturated heterocycles. The molecular formula is C16H21N3OS2. The Kier molecular flexibility index (Phi) is 4.26. The molecule has 118 valence electrons. The number of nitrogens with zero attached hydrogens (tertiary/aromatic N) is 3. The molecule has 2 aliphatic rings. The molecule has 0 spiro atoms. The third-order valence-corrected chi connectivity index (χ3v) is 6.38. The Bertz CT molecular complexity index is 654. The van der Waals surface area contributed by atoms with Gasteiger partial charge in [-0.1, -0.05) is 11.3 Å². The number of thioether (sulfide) groups is 1. The molecule has 0 aliphatic carbocycles. The van der Waals surface area contributed by atoms with Crippen molar-refractivity contribution in [3.63, 3.8) is 0 Å². The second-order valence-corrected chi connectivity index (χ2v) is 7.76. The molecule has 4 nitrogen and oxygen atoms in total. The fraction of sp³-hybridized carbons (Fsp3) is 0.562. The molecular weight excluding hydrogens is 314 g/mol. The molecule has 1 unspecified atom stereocenters. The van der Waals surface area contributed by atoms with Crippen LogP contribution in [0, 0.1) is 0 Å². The van der Waals surface area contributed by atoms with Crippen LogP contribution in [-0.4, -0.2) is 61.6 Å². The highest BCUT2D eigenvalue weighted by molar-refractivity contribution is 7.98. The summed E-state index contributed by atoms with van der Waals surface area (Å²) in [6, 6.07) is 7.24. The van der Waals surface area contributed by atoms with Gasteiger partial charge in [0.2, 0.25) is 0 Å². The third-order valence-electron chi connectivity index (χ3n) is 4.58. The van der Waals surface area contributed by atoms with E-state index in [0.29, 0.717) is 6.04 Å². The Labute approximate surface area is 139 Å². The van der Waals surface area contributed by atoms with Crippen molar-refractivity contribution in [2.45, 2.75) is 17.4 Å². The summed E-state index contributed by atoms with van der Waals surface area (Å²) < 4.78 is 6.77. The Morgan fingerprint density at radius 1 is 1.27 bits per heavy atom. The Morgan fingerprint density at radius 3 is 2.95 bits per heavy atom. The van der Waals surface area contributed by atoms with E-state index < -0.39 is 0 Å². The second-order valence-electron chi connectivity index (χ2n) is 5.87. The van der Waals surface area contributed by atoms with Gasteiger partial charge < -0.3 is 9.64 Å². The van der Waals surface area contributed by atoms with Gasteiger partial charge in [0, 0.05) is 37.1 Å². The number of benzene rings is 1. The highest BCUT2D eigenvalue weighted by Crippen LogP contribution is 2.33. The average molecular weight is 335 g/mol. The Morgan fingerprint density at radius 2 is 2.14 bits per heavy atom. The lowest BCUT2D eigenvalue weighted by atomic mass is 10.2. The lowest BCUT2D eigenvalue weighted by Gasteiger charge is -2.32. The van der Waals surface area contributed by atoms with Crippen LogP contribution in [0.5, 0.6) is 0 Å². The molecule has 4 rings (SSSR count). The van der Waals surface area contributed by atoms with Crippen LogP contribution in [-0.2, 0) is 4.74 Å². The van der Waals surface area contributed by atoms with Crippen LogP contribution in [0.3, 0.4) is 0 Å². The smallest absolute Gasteiger partial charge is 0.186 e. The lowest BCUT2D eigenvalue weighted by Crippen LogP contribution is -2.44. The number of aromatic nitrogens is 1. The summed E-state index contributed by atoms with van der Waals surface area (Å²) >= 11 is 3.62. The van der Waals surface area contributed by atoms with Crippen molar-refractivity contribution in [2.75, 3.05) is 50.5 Å². The van der Waals surface area contributed by atoms with E-state index in [4.69, 9.17) is 9.72 Å². The van der Waals surface area contributed by atoms with Gasteiger partial charge in [0.25, 0.3) is 0 Å². The van der Waals surface area contributed by atoms with E-state index in [0.717, 1.165) is 44.9 Å². The molecule has 1 aromatic heterocycles. The highest BCUT2D eigenvalue weighted by atomic mass is 32.2. The normalized spacial score (nSPS) is 23.5. The molecule has 2 aliphatic heterocycles. The largest absolute Gasteiger partial charge is 0.379 e. The topological polar surface area (TPSA) is 28.6 Å². The summed E-state index contributed by atoms with van der Waals surface area (Å²) in [5, 5.41) is 1.18. The molecule has 6 heteroatoms. The predicted molar refractivity (Wildman–Crippen MR) is 94.4 cm³/mol. The molecule has 3 heterocycles. The zero-order valence-electron chi connectivity index (χ0n) is 12.8. The number of thiazole rings is 1. The third kappa shape index (κ3) is 2.85. The number of anilines is 1. The minimum atomic E-state index is 0.665. The van der Waals surface area contributed by atoms with E-state index in [9.17, 15) is 0 Å². The van der Waals surface area contributed by atoms with Crippen LogP contribution < -0.4 is 4.90 Å². The number of hydrogen-bond acceptors (Lipinski definition) is 6. The van der Waals surface area contributed by atoms with E-state index in [1.807, 2.05) is 11.3 Å². The van der Waals surface area contributed by atoms with Crippen LogP contribution >= 0.6 is 23.1 Å². The second kappa shape index (κ2) is 6.35. The molecule has 0 radical (unpaired) electrons. The maximum atomic E-state index is 5.46. The number of ether oxygens (including phenoxy) is 1. The zero-order chi connectivity index (χ0) is 14.9. The maximum Gasteiger partial charge on any atom is 0.186 e. The van der Waals surface area contributed by atoms with Gasteiger partial charge in [-0.05, 0) is 30.9 Å². The lowest BCUT2D eigenvalue weighted by molar-refractivity contribution is 0.0209. The quantitative estimate of drug-likeness (QED) is 0.805. The molecule has 2 fully saturated rings. The molecule has 0 bridgehead atoms. The monoisotopic (exact) mass is 335 g/mol. The van der Waals surface area contributed by atoms with Gasteiger partial charge in [-0.15, -0.1) is 11.8 Å². The van der Waals surface area contributed by atoms with Crippen molar-refractivity contribution in [1.82, 2.24) is 9.88 Å². The van der Waals surface area contributed by atoms with E-state index in [-0.39, 0.29) is 0 Å². The standard InChI is InChI=1S/C16H21N3OS2/c1-21-13-2-3-14-15(10-13)22-16(17-14)19-5-4-12(11-19)18-6-8-20-9-7-18/h2-3,10,12H,4-9,11H2,1H3. The summed E-state index contributed by atoms with van der Waals surface area (Å²) in [5.74, 6) is 0. The molecule has 22 heavy (non-hydrogen) atoms. The first-order chi connectivity index (χ1) is 10.8. The fourth-order valence-electron chi connectivity index (χ4n) is 3.31. The summed E-state index contributed by atoms with van der Waals surface area (Å²) in [5.41, 5.74) is 1.13. The van der Waals surface area contributed by atoms with Crippen LogP contribution in [0.4, 0.5) is 5.13 Å². The van der Waals surface area contributed by atoms with Crippen molar-refractivity contribution in [1.29, 1.82) is 0 Å². The highest BCUT2D eigenvalue weighted by Gasteiger charge is 2.30. The van der Waals surface area contributed by atoms with E-state index >= 15 is 0 Å². The molecule has 2 aromatic rings. The first-order valence-electron chi connectivity index (χ1n) is 7.85. The van der Waals surface area contributed by atoms with Crippen LogP contribution in [0.2, 0.25) is 0 Å². The van der Waals surface area contributed by atoms with Crippen LogP contribution in [0.15, 0.2) is 23.1 Å². The molecule has 1 atom stereocenters. The number of fused-ring (bicyclic) bond motifs is 1. The SMILES string of the molecule is CSc1ccc2nc(N3CCC(N4CCOCC4)C3)sc2c1. The maximum absolute atomic E-state index is 5.46. The molecule has 1 aromatic carbocycles. The predicted octanol–water partition coefficient (Wildman–Crippen LogP) is 2.93. The van der Waals surface area contributed by atoms with E-state index in [1.54, 1.807) is 11.8 Å². The van der Waals surface area contributed by atoms with E-state index in [2.05, 4.69) is 34.3 Å². The Hall–Kier alpha value is -0.820. The molecule has 0 N–H and O–H groups in total. The summed E-state index contributed by atoms with van der Waals surface area (Å²) in [7, 11) is 0. The van der Waals surface area contributed by atoms with Gasteiger partial charge in [0.1, 0.15) is 0 Å². The first kappa shape index (κ1) is 14.8. The number of hydrogen-bond donors (Lipinski definition) is 0. The van der Waals surface area contributed by atoms with Crippen molar-refractivity contribution >= 4 is 38.4 Å². The zero-order valence-corrected chi connectivity index (χ0v) is 14.5. The van der Waals surface area contributed by atoms with Crippen molar-refractivity contribution in [3.8, 4) is 0 Å². The average Bonchev–Trinajstić information content (AvgIpc) is 3.21. The summed E-state index contributed by atoms with van der Waals surface area (Å²) in [4.78, 5) is 11.2. The number of morpholine rings is 1. The Balaban J connectivity index is 1.50. The fourth-order valence-corrected chi connectivity index (χ4v) is 4.87. The van der Waals surface area contributed by atoms with Crippen molar-refractivity contribution < 1.29 is 4.74 Å². The van der Waals surface area contributed by atoms with Gasteiger partial charge in [0.05, 0.1) is 23.4 Å².